The number of hydrogen-bond acceptors (Lipinski definition) is 1. The molecule has 1 saturated carbocycles. The highest BCUT2D eigenvalue weighted by molar-refractivity contribution is 5.17. The van der Waals surface area contributed by atoms with E-state index in [1.54, 1.807) is 11.3 Å². The van der Waals surface area contributed by atoms with Crippen LogP contribution in [0.3, 0.4) is 0 Å². The molecule has 1 heterocycles. The molecule has 1 nitrogen and oxygen atoms in total. The van der Waals surface area contributed by atoms with Crippen LogP contribution in [0, 0.1) is 0 Å². The Morgan fingerprint density at radius 3 is 2.29 bits per heavy atom. The summed E-state index contributed by atoms with van der Waals surface area (Å²) < 4.78 is 0. The molecule has 0 spiro atoms. The third-order valence-corrected chi connectivity index (χ3v) is 3.59. The van der Waals surface area contributed by atoms with Gasteiger partial charge in [-0.25, -0.2) is 0 Å². The largest absolute Gasteiger partial charge is 0.375 e. The number of rotatable bonds is 3. The van der Waals surface area contributed by atoms with Crippen molar-refractivity contribution in [3.8, 4) is 0 Å². The lowest BCUT2D eigenvalue weighted by atomic mass is 10.1. The Kier molecular flexibility index (Phi) is 3.49. The molecule has 0 aromatic heterocycles. The zero-order chi connectivity index (χ0) is 9.80. The highest BCUT2D eigenvalue weighted by Gasteiger charge is 2.19. The van der Waals surface area contributed by atoms with E-state index in [9.17, 15) is 0 Å². The summed E-state index contributed by atoms with van der Waals surface area (Å²) in [7, 11) is 0. The summed E-state index contributed by atoms with van der Waals surface area (Å²) >= 11 is 0. The van der Waals surface area contributed by atoms with Crippen LogP contribution in [0.4, 0.5) is 0 Å². The number of likely N-dealkylation sites (tertiary alicyclic amines) is 1. The Balaban J connectivity index is 2.08. The van der Waals surface area contributed by atoms with Gasteiger partial charge >= 0.3 is 0 Å². The monoisotopic (exact) mass is 193 g/mol. The van der Waals surface area contributed by atoms with Crippen molar-refractivity contribution < 1.29 is 0 Å². The van der Waals surface area contributed by atoms with Crippen molar-refractivity contribution in [1.29, 1.82) is 0 Å². The van der Waals surface area contributed by atoms with Crippen LogP contribution in [0.2, 0.25) is 0 Å². The molecule has 0 aromatic rings. The molecule has 2 aliphatic rings. The smallest absolute Gasteiger partial charge is 0.0175 e. The van der Waals surface area contributed by atoms with Crippen LogP contribution in [0.15, 0.2) is 11.3 Å². The molecule has 2 fully saturated rings. The van der Waals surface area contributed by atoms with E-state index in [1.165, 1.54) is 64.5 Å². The maximum atomic E-state index is 2.67. The van der Waals surface area contributed by atoms with Gasteiger partial charge in [-0.3, -0.25) is 0 Å². The Hall–Kier alpha value is -0.460. The fourth-order valence-electron chi connectivity index (χ4n) is 2.87. The number of nitrogens with zero attached hydrogens (tertiary/aromatic N) is 1. The van der Waals surface area contributed by atoms with E-state index < -0.39 is 0 Å². The minimum atomic E-state index is 1.31. The fraction of sp³-hybridized carbons (Fsp3) is 0.846. The lowest BCUT2D eigenvalue weighted by Crippen LogP contribution is -2.19. The topological polar surface area (TPSA) is 3.24 Å². The minimum absolute atomic E-state index is 1.31. The predicted molar refractivity (Wildman–Crippen MR) is 61.2 cm³/mol. The molecule has 1 aliphatic carbocycles. The zero-order valence-corrected chi connectivity index (χ0v) is 9.52. The van der Waals surface area contributed by atoms with Crippen LogP contribution in [-0.2, 0) is 0 Å². The van der Waals surface area contributed by atoms with Gasteiger partial charge in [-0.1, -0.05) is 18.9 Å². The molecule has 0 unspecified atom stereocenters. The molecule has 0 aromatic carbocycles. The molecular formula is C13H23N. The summed E-state index contributed by atoms with van der Waals surface area (Å²) in [5.74, 6) is 0. The summed E-state index contributed by atoms with van der Waals surface area (Å²) in [6, 6.07) is 0. The summed E-state index contributed by atoms with van der Waals surface area (Å²) in [6.07, 6.45) is 11.1. The first-order chi connectivity index (χ1) is 6.92. The van der Waals surface area contributed by atoms with Crippen molar-refractivity contribution in [2.24, 2.45) is 0 Å². The maximum Gasteiger partial charge on any atom is 0.0175 e. The van der Waals surface area contributed by atoms with Gasteiger partial charge in [0.25, 0.3) is 0 Å². The first-order valence-corrected chi connectivity index (χ1v) is 6.37. The lowest BCUT2D eigenvalue weighted by molar-refractivity contribution is 0.400. The van der Waals surface area contributed by atoms with Crippen molar-refractivity contribution in [3.05, 3.63) is 11.3 Å². The lowest BCUT2D eigenvalue weighted by Gasteiger charge is -2.24. The van der Waals surface area contributed by atoms with Crippen LogP contribution in [-0.4, -0.2) is 18.0 Å². The zero-order valence-electron chi connectivity index (χ0n) is 9.52. The highest BCUT2D eigenvalue weighted by atomic mass is 15.1. The van der Waals surface area contributed by atoms with Crippen molar-refractivity contribution in [2.45, 2.75) is 58.3 Å². The van der Waals surface area contributed by atoms with Gasteiger partial charge in [-0.2, -0.15) is 0 Å². The second kappa shape index (κ2) is 4.86. The molecule has 2 rings (SSSR count). The molecule has 1 saturated heterocycles. The van der Waals surface area contributed by atoms with Crippen molar-refractivity contribution >= 4 is 0 Å². The molecular weight excluding hydrogens is 170 g/mol. The standard InChI is InChI=1S/C13H23N/c1-2-7-13(12-8-3-4-9-12)14-10-5-6-11-14/h2-11H2,1H3. The molecule has 0 bridgehead atoms. The van der Waals surface area contributed by atoms with E-state index >= 15 is 0 Å². The predicted octanol–water partition coefficient (Wildman–Crippen LogP) is 3.71. The number of allylic oxidation sites excluding steroid dienone is 2. The average Bonchev–Trinajstić information content (AvgIpc) is 2.87. The van der Waals surface area contributed by atoms with Gasteiger partial charge in [0.1, 0.15) is 0 Å². The molecule has 0 radical (unpaired) electrons. The van der Waals surface area contributed by atoms with E-state index in [0.717, 1.165) is 0 Å². The first kappa shape index (κ1) is 10.1. The minimum Gasteiger partial charge on any atom is -0.375 e. The summed E-state index contributed by atoms with van der Waals surface area (Å²) in [5, 5.41) is 0. The molecule has 1 heteroatoms. The molecule has 0 N–H and O–H groups in total. The molecule has 80 valence electrons. The van der Waals surface area contributed by atoms with Crippen LogP contribution in [0.5, 0.6) is 0 Å². The van der Waals surface area contributed by atoms with Crippen molar-refractivity contribution in [2.75, 3.05) is 13.1 Å². The second-order valence-electron chi connectivity index (χ2n) is 4.70. The van der Waals surface area contributed by atoms with Gasteiger partial charge in [0.05, 0.1) is 0 Å². The van der Waals surface area contributed by atoms with Gasteiger partial charge in [0.15, 0.2) is 0 Å². The van der Waals surface area contributed by atoms with Gasteiger partial charge in [0, 0.05) is 18.8 Å². The Morgan fingerprint density at radius 1 is 1.07 bits per heavy atom. The van der Waals surface area contributed by atoms with Crippen LogP contribution in [0.25, 0.3) is 0 Å². The summed E-state index contributed by atoms with van der Waals surface area (Å²) in [5.41, 5.74) is 3.54. The van der Waals surface area contributed by atoms with Gasteiger partial charge < -0.3 is 4.90 Å². The van der Waals surface area contributed by atoms with Gasteiger partial charge in [-0.05, 0) is 44.9 Å². The maximum absolute atomic E-state index is 2.67. The molecule has 1 aliphatic heterocycles. The first-order valence-electron chi connectivity index (χ1n) is 6.37. The van der Waals surface area contributed by atoms with Crippen molar-refractivity contribution in [3.63, 3.8) is 0 Å². The van der Waals surface area contributed by atoms with E-state index in [0.29, 0.717) is 0 Å². The quantitative estimate of drug-likeness (QED) is 0.660. The summed E-state index contributed by atoms with van der Waals surface area (Å²) in [4.78, 5) is 2.67. The third kappa shape index (κ3) is 2.13. The Labute approximate surface area is 88.2 Å². The van der Waals surface area contributed by atoms with Gasteiger partial charge in [0.2, 0.25) is 0 Å². The van der Waals surface area contributed by atoms with Crippen LogP contribution < -0.4 is 0 Å². The Morgan fingerprint density at radius 2 is 1.71 bits per heavy atom. The van der Waals surface area contributed by atoms with Crippen molar-refractivity contribution in [1.82, 2.24) is 4.90 Å². The van der Waals surface area contributed by atoms with E-state index in [4.69, 9.17) is 0 Å². The van der Waals surface area contributed by atoms with E-state index in [1.807, 2.05) is 0 Å². The van der Waals surface area contributed by atoms with Gasteiger partial charge in [-0.15, -0.1) is 0 Å². The third-order valence-electron chi connectivity index (χ3n) is 3.59. The number of hydrogen-bond donors (Lipinski definition) is 0. The Bertz CT molecular complexity index is 203. The molecule has 14 heavy (non-hydrogen) atoms. The molecule has 0 amide bonds. The molecule has 0 atom stereocenters. The summed E-state index contributed by atoms with van der Waals surface area (Å²) in [6.45, 7) is 4.98. The highest BCUT2D eigenvalue weighted by Crippen LogP contribution is 2.32. The SMILES string of the molecule is CCCC(=C1CCCC1)N1CCCC1. The van der Waals surface area contributed by atoms with E-state index in [-0.39, 0.29) is 0 Å². The van der Waals surface area contributed by atoms with Crippen LogP contribution in [0.1, 0.15) is 58.3 Å². The average molecular weight is 193 g/mol. The van der Waals surface area contributed by atoms with E-state index in [2.05, 4.69) is 11.8 Å². The second-order valence-corrected chi connectivity index (χ2v) is 4.70. The normalized spacial score (nSPS) is 22.1. The van der Waals surface area contributed by atoms with Crippen LogP contribution >= 0.6 is 0 Å². The fourth-order valence-corrected chi connectivity index (χ4v) is 2.87.